The molecular weight excluding hydrogens is 316 g/mol. The van der Waals surface area contributed by atoms with E-state index >= 15 is 0 Å². The van der Waals surface area contributed by atoms with Crippen LogP contribution in [-0.4, -0.2) is 30.3 Å². The van der Waals surface area contributed by atoms with Gasteiger partial charge >= 0.3 is 0 Å². The molecule has 2 N–H and O–H groups in total. The molecule has 0 radical (unpaired) electrons. The summed E-state index contributed by atoms with van der Waals surface area (Å²) < 4.78 is 31.1. The van der Waals surface area contributed by atoms with Crippen LogP contribution in [0.1, 0.15) is 22.8 Å². The predicted molar refractivity (Wildman–Crippen MR) is 86.0 cm³/mol. The van der Waals surface area contributed by atoms with Crippen LogP contribution in [0.3, 0.4) is 0 Å². The van der Waals surface area contributed by atoms with Gasteiger partial charge in [0.2, 0.25) is 0 Å². The lowest BCUT2D eigenvalue weighted by molar-refractivity contribution is 0.0552. The smallest absolute Gasteiger partial charge is 0.251 e. The highest BCUT2D eigenvalue weighted by Crippen LogP contribution is 2.17. The van der Waals surface area contributed by atoms with Crippen molar-refractivity contribution >= 4 is 5.91 Å². The third-order valence-corrected chi connectivity index (χ3v) is 3.56. The molecule has 6 heteroatoms. The summed E-state index contributed by atoms with van der Waals surface area (Å²) in [6.07, 6.45) is 0.315. The van der Waals surface area contributed by atoms with Crippen molar-refractivity contribution in [3.63, 3.8) is 0 Å². The van der Waals surface area contributed by atoms with Crippen molar-refractivity contribution in [2.75, 3.05) is 13.7 Å². The minimum atomic E-state index is -1.19. The molecule has 1 atom stereocenters. The Morgan fingerprint density at radius 2 is 1.83 bits per heavy atom. The van der Waals surface area contributed by atoms with Crippen molar-refractivity contribution < 1.29 is 23.4 Å². The van der Waals surface area contributed by atoms with Crippen LogP contribution >= 0.6 is 0 Å². The third-order valence-electron chi connectivity index (χ3n) is 3.56. The molecular formula is C18H19F2NO3. The first-order valence-corrected chi connectivity index (χ1v) is 7.39. The Kier molecular flexibility index (Phi) is 5.51. The van der Waals surface area contributed by atoms with Gasteiger partial charge in [-0.25, -0.2) is 8.78 Å². The van der Waals surface area contributed by atoms with Crippen molar-refractivity contribution in [1.29, 1.82) is 0 Å². The van der Waals surface area contributed by atoms with Crippen LogP contribution in [0.5, 0.6) is 5.75 Å². The quantitative estimate of drug-likeness (QED) is 0.853. The number of ether oxygens (including phenoxy) is 1. The number of benzene rings is 2. The average molecular weight is 335 g/mol. The molecule has 128 valence electrons. The van der Waals surface area contributed by atoms with Crippen molar-refractivity contribution in [1.82, 2.24) is 5.32 Å². The first-order chi connectivity index (χ1) is 11.3. The second-order valence-corrected chi connectivity index (χ2v) is 5.83. The zero-order chi connectivity index (χ0) is 17.7. The minimum absolute atomic E-state index is 0.00542. The molecule has 0 spiro atoms. The van der Waals surface area contributed by atoms with Crippen molar-refractivity contribution in [2.24, 2.45) is 0 Å². The van der Waals surface area contributed by atoms with Gasteiger partial charge in [0.05, 0.1) is 12.7 Å². The van der Waals surface area contributed by atoms with Crippen molar-refractivity contribution in [3.8, 4) is 5.75 Å². The maximum atomic E-state index is 13.1. The number of rotatable bonds is 6. The highest BCUT2D eigenvalue weighted by molar-refractivity contribution is 5.94. The fourth-order valence-corrected chi connectivity index (χ4v) is 2.26. The summed E-state index contributed by atoms with van der Waals surface area (Å²) >= 11 is 0. The Bertz CT molecular complexity index is 715. The van der Waals surface area contributed by atoms with Gasteiger partial charge in [-0.3, -0.25) is 4.79 Å². The molecule has 1 unspecified atom stereocenters. The number of hydrogen-bond acceptors (Lipinski definition) is 3. The van der Waals surface area contributed by atoms with Crippen LogP contribution in [-0.2, 0) is 6.42 Å². The van der Waals surface area contributed by atoms with E-state index in [1.165, 1.54) is 6.07 Å². The van der Waals surface area contributed by atoms with Gasteiger partial charge in [0.15, 0.2) is 11.6 Å². The van der Waals surface area contributed by atoms with Gasteiger partial charge in [-0.15, -0.1) is 0 Å². The Balaban J connectivity index is 1.95. The summed E-state index contributed by atoms with van der Waals surface area (Å²) in [5.41, 5.74) is -0.319. The second-order valence-electron chi connectivity index (χ2n) is 5.83. The van der Waals surface area contributed by atoms with E-state index < -0.39 is 23.1 Å². The van der Waals surface area contributed by atoms with E-state index in [-0.39, 0.29) is 12.1 Å². The Morgan fingerprint density at radius 1 is 1.17 bits per heavy atom. The number of carbonyl (C=O) groups excluding carboxylic acids is 1. The summed E-state index contributed by atoms with van der Waals surface area (Å²) in [4.78, 5) is 12.0. The lowest BCUT2D eigenvalue weighted by atomic mass is 9.96. The van der Waals surface area contributed by atoms with Gasteiger partial charge < -0.3 is 15.2 Å². The highest BCUT2D eigenvalue weighted by Gasteiger charge is 2.22. The maximum absolute atomic E-state index is 13.1. The lowest BCUT2D eigenvalue weighted by Gasteiger charge is -2.24. The van der Waals surface area contributed by atoms with Crippen molar-refractivity contribution in [3.05, 3.63) is 65.2 Å². The maximum Gasteiger partial charge on any atom is 0.251 e. The van der Waals surface area contributed by atoms with Crippen LogP contribution in [0.2, 0.25) is 0 Å². The number of nitrogens with one attached hydrogen (secondary N) is 1. The molecule has 2 aromatic carbocycles. The molecule has 0 bridgehead atoms. The van der Waals surface area contributed by atoms with E-state index in [1.807, 2.05) is 12.1 Å². The molecule has 0 aliphatic rings. The van der Waals surface area contributed by atoms with Gasteiger partial charge in [0.1, 0.15) is 5.75 Å². The fourth-order valence-electron chi connectivity index (χ4n) is 2.26. The normalized spacial score (nSPS) is 13.2. The number of amides is 1. The molecule has 24 heavy (non-hydrogen) atoms. The molecule has 0 aliphatic heterocycles. The molecule has 0 aromatic heterocycles. The number of methoxy groups -OCH3 is 1. The lowest BCUT2D eigenvalue weighted by Crippen LogP contribution is -2.42. The number of hydrogen-bond donors (Lipinski definition) is 2. The zero-order valence-corrected chi connectivity index (χ0v) is 13.5. The first-order valence-electron chi connectivity index (χ1n) is 7.39. The molecule has 0 aliphatic carbocycles. The van der Waals surface area contributed by atoms with E-state index in [1.54, 1.807) is 26.2 Å². The topological polar surface area (TPSA) is 58.6 Å². The van der Waals surface area contributed by atoms with Crippen LogP contribution in [0.4, 0.5) is 8.78 Å². The molecule has 0 heterocycles. The van der Waals surface area contributed by atoms with Crippen LogP contribution in [0.15, 0.2) is 42.5 Å². The molecule has 2 rings (SSSR count). The summed E-state index contributed by atoms with van der Waals surface area (Å²) in [5.74, 6) is -1.97. The number of halogens is 2. The van der Waals surface area contributed by atoms with Crippen molar-refractivity contribution in [2.45, 2.75) is 18.9 Å². The van der Waals surface area contributed by atoms with E-state index in [0.29, 0.717) is 12.2 Å². The Hall–Kier alpha value is -2.47. The van der Waals surface area contributed by atoms with Gasteiger partial charge in [-0.1, -0.05) is 12.1 Å². The monoisotopic (exact) mass is 335 g/mol. The van der Waals surface area contributed by atoms with Gasteiger partial charge in [-0.2, -0.15) is 0 Å². The minimum Gasteiger partial charge on any atom is -0.497 e. The molecule has 0 saturated carbocycles. The average Bonchev–Trinajstić information content (AvgIpc) is 2.55. The SMILES string of the molecule is COc1ccc(CC(C)(O)CNC(=O)c2ccc(F)c(F)c2)cc1. The standard InChI is InChI=1S/C18H19F2NO3/c1-18(23,10-12-3-6-14(24-2)7-4-12)11-21-17(22)13-5-8-15(19)16(20)9-13/h3-9,23H,10-11H2,1-2H3,(H,21,22). The van der Waals surface area contributed by atoms with E-state index in [2.05, 4.69) is 5.32 Å². The predicted octanol–water partition coefficient (Wildman–Crippen LogP) is 2.70. The Labute approximate surface area is 139 Å². The molecule has 0 saturated heterocycles. The van der Waals surface area contributed by atoms with Gasteiger partial charge in [0.25, 0.3) is 5.91 Å². The zero-order valence-electron chi connectivity index (χ0n) is 13.5. The summed E-state index contributed by atoms with van der Waals surface area (Å²) in [6, 6.07) is 10.1. The number of carbonyl (C=O) groups is 1. The van der Waals surface area contributed by atoms with Crippen LogP contribution < -0.4 is 10.1 Å². The van der Waals surface area contributed by atoms with E-state index in [4.69, 9.17) is 4.74 Å². The summed E-state index contributed by atoms with van der Waals surface area (Å²) in [6.45, 7) is 1.56. The van der Waals surface area contributed by atoms with Crippen LogP contribution in [0.25, 0.3) is 0 Å². The van der Waals surface area contributed by atoms with E-state index in [0.717, 1.165) is 17.7 Å². The molecule has 0 fully saturated rings. The molecule has 4 nitrogen and oxygen atoms in total. The second kappa shape index (κ2) is 7.40. The molecule has 2 aromatic rings. The first kappa shape index (κ1) is 17.9. The van der Waals surface area contributed by atoms with Gasteiger partial charge in [-0.05, 0) is 42.8 Å². The number of aliphatic hydroxyl groups is 1. The fraction of sp³-hybridized carbons (Fsp3) is 0.278. The van der Waals surface area contributed by atoms with E-state index in [9.17, 15) is 18.7 Å². The Morgan fingerprint density at radius 3 is 2.42 bits per heavy atom. The highest BCUT2D eigenvalue weighted by atomic mass is 19.2. The summed E-state index contributed by atoms with van der Waals surface area (Å²) in [7, 11) is 1.57. The summed E-state index contributed by atoms with van der Waals surface area (Å²) in [5, 5.41) is 12.9. The molecule has 1 amide bonds. The third kappa shape index (κ3) is 4.76. The van der Waals surface area contributed by atoms with Crippen LogP contribution in [0, 0.1) is 11.6 Å². The van der Waals surface area contributed by atoms with Gasteiger partial charge in [0, 0.05) is 18.5 Å². The largest absolute Gasteiger partial charge is 0.497 e.